The predicted octanol–water partition coefficient (Wildman–Crippen LogP) is 18.7. The van der Waals surface area contributed by atoms with Crippen LogP contribution in [-0.2, 0) is 21.7 Å². The zero-order valence-corrected chi connectivity index (χ0v) is 42.3. The molecule has 348 valence electrons. The molecule has 0 N–H and O–H groups in total. The van der Waals surface area contributed by atoms with Gasteiger partial charge < -0.3 is 4.90 Å². The standard InChI is InChI=1S/C72H55N/c1-69(2)60-35-30-44-20-18-19-29-52(44)68(60)59-43-64-56(40-65(59)69)53-33-31-50(38-61(53)71(64,5)6)73(49-27-14-9-15-28-49)51-32-34-54-57-42-67-58(41-63(57)70(3,4)62(54)39-51)55-36-45-21-16-17-22-46(45)37-66(55)72(67,47-23-10-7-11-24-47)48-25-12-8-13-26-48/h7-43H,1-6H3. The van der Waals surface area contributed by atoms with Crippen LogP contribution in [0.5, 0.6) is 0 Å². The third kappa shape index (κ3) is 5.58. The van der Waals surface area contributed by atoms with Gasteiger partial charge in [-0.05, 0) is 194 Å². The first-order valence-corrected chi connectivity index (χ1v) is 26.2. The highest BCUT2D eigenvalue weighted by atomic mass is 15.1. The lowest BCUT2D eigenvalue weighted by molar-refractivity contribution is 0.652. The molecule has 73 heavy (non-hydrogen) atoms. The van der Waals surface area contributed by atoms with Crippen molar-refractivity contribution in [2.24, 2.45) is 0 Å². The van der Waals surface area contributed by atoms with Crippen molar-refractivity contribution in [2.75, 3.05) is 4.90 Å². The summed E-state index contributed by atoms with van der Waals surface area (Å²) >= 11 is 0. The van der Waals surface area contributed by atoms with E-state index in [4.69, 9.17) is 0 Å². The van der Waals surface area contributed by atoms with E-state index >= 15 is 0 Å². The lowest BCUT2D eigenvalue weighted by Crippen LogP contribution is -2.28. The normalized spacial score (nSPS) is 16.0. The predicted molar refractivity (Wildman–Crippen MR) is 306 cm³/mol. The van der Waals surface area contributed by atoms with Gasteiger partial charge in [-0.3, -0.25) is 0 Å². The topological polar surface area (TPSA) is 3.24 Å². The van der Waals surface area contributed by atoms with Gasteiger partial charge in [-0.1, -0.05) is 193 Å². The molecule has 0 atom stereocenters. The van der Waals surface area contributed by atoms with Crippen LogP contribution in [0.3, 0.4) is 0 Å². The van der Waals surface area contributed by atoms with Gasteiger partial charge in [-0.15, -0.1) is 0 Å². The van der Waals surface area contributed by atoms with E-state index in [1.54, 1.807) is 0 Å². The minimum absolute atomic E-state index is 0.103. The third-order valence-corrected chi connectivity index (χ3v) is 18.1. The summed E-state index contributed by atoms with van der Waals surface area (Å²) in [7, 11) is 0. The van der Waals surface area contributed by atoms with E-state index in [-0.39, 0.29) is 16.2 Å². The van der Waals surface area contributed by atoms with Crippen LogP contribution in [0.4, 0.5) is 17.1 Å². The van der Waals surface area contributed by atoms with Gasteiger partial charge in [0.2, 0.25) is 0 Å². The Morgan fingerprint density at radius 2 is 0.671 bits per heavy atom. The summed E-state index contributed by atoms with van der Waals surface area (Å²) in [5, 5.41) is 5.18. The van der Waals surface area contributed by atoms with Gasteiger partial charge in [-0.25, -0.2) is 0 Å². The molecule has 11 aromatic rings. The van der Waals surface area contributed by atoms with E-state index in [9.17, 15) is 0 Å². The minimum Gasteiger partial charge on any atom is -0.310 e. The molecule has 0 radical (unpaired) electrons. The maximum atomic E-state index is 2.58. The van der Waals surface area contributed by atoms with Gasteiger partial charge in [0, 0.05) is 33.3 Å². The van der Waals surface area contributed by atoms with Gasteiger partial charge in [-0.2, -0.15) is 0 Å². The number of hydrogen-bond acceptors (Lipinski definition) is 1. The van der Waals surface area contributed by atoms with E-state index < -0.39 is 5.41 Å². The van der Waals surface area contributed by atoms with Crippen molar-refractivity contribution in [3.63, 3.8) is 0 Å². The molecule has 0 saturated heterocycles. The van der Waals surface area contributed by atoms with Gasteiger partial charge >= 0.3 is 0 Å². The second-order valence-corrected chi connectivity index (χ2v) is 22.8. The Kier molecular flexibility index (Phi) is 8.53. The average Bonchev–Trinajstić information content (AvgIpc) is 4.00. The van der Waals surface area contributed by atoms with Crippen LogP contribution in [-0.4, -0.2) is 0 Å². The Morgan fingerprint density at radius 3 is 1.26 bits per heavy atom. The van der Waals surface area contributed by atoms with Crippen LogP contribution in [0.2, 0.25) is 0 Å². The fourth-order valence-corrected chi connectivity index (χ4v) is 14.4. The summed E-state index contributed by atoms with van der Waals surface area (Å²) < 4.78 is 0. The first-order chi connectivity index (χ1) is 35.5. The van der Waals surface area contributed by atoms with Crippen LogP contribution in [0.1, 0.15) is 97.2 Å². The number of anilines is 3. The number of benzene rings is 11. The lowest BCUT2D eigenvalue weighted by atomic mass is 9.67. The molecule has 0 fully saturated rings. The number of para-hydroxylation sites is 1. The van der Waals surface area contributed by atoms with Gasteiger partial charge in [0.1, 0.15) is 0 Å². The third-order valence-electron chi connectivity index (χ3n) is 18.1. The second-order valence-electron chi connectivity index (χ2n) is 22.8. The Labute approximate surface area is 429 Å². The van der Waals surface area contributed by atoms with E-state index in [1.807, 2.05) is 0 Å². The van der Waals surface area contributed by atoms with Crippen molar-refractivity contribution in [3.8, 4) is 44.5 Å². The first-order valence-electron chi connectivity index (χ1n) is 26.2. The van der Waals surface area contributed by atoms with Crippen molar-refractivity contribution < 1.29 is 0 Å². The lowest BCUT2D eigenvalue weighted by Gasteiger charge is -2.34. The van der Waals surface area contributed by atoms with Crippen LogP contribution in [0, 0.1) is 0 Å². The number of fused-ring (bicyclic) bond motifs is 15. The van der Waals surface area contributed by atoms with Gasteiger partial charge in [0.15, 0.2) is 0 Å². The maximum absolute atomic E-state index is 2.58. The smallest absolute Gasteiger partial charge is 0.0714 e. The molecule has 1 heteroatoms. The van der Waals surface area contributed by atoms with Crippen LogP contribution < -0.4 is 4.90 Å². The largest absolute Gasteiger partial charge is 0.310 e. The molecule has 0 heterocycles. The molecule has 4 aliphatic rings. The quantitative estimate of drug-likeness (QED) is 0.166. The van der Waals surface area contributed by atoms with Crippen LogP contribution in [0.25, 0.3) is 66.1 Å². The zero-order valence-electron chi connectivity index (χ0n) is 42.3. The monoisotopic (exact) mass is 933 g/mol. The summed E-state index contributed by atoms with van der Waals surface area (Å²) in [6.45, 7) is 14.6. The molecule has 0 aliphatic heterocycles. The molecule has 15 rings (SSSR count). The molecule has 0 saturated carbocycles. The first kappa shape index (κ1) is 42.4. The van der Waals surface area contributed by atoms with E-state index in [0.717, 1.165) is 11.4 Å². The summed E-state index contributed by atoms with van der Waals surface area (Å²) in [5.74, 6) is 0. The Balaban J connectivity index is 0.884. The molecular weight excluding hydrogens is 879 g/mol. The molecule has 1 nitrogen and oxygen atoms in total. The van der Waals surface area contributed by atoms with Crippen molar-refractivity contribution in [2.45, 2.75) is 63.2 Å². The van der Waals surface area contributed by atoms with Crippen LogP contribution >= 0.6 is 0 Å². The number of nitrogens with zero attached hydrogens (tertiary/aromatic N) is 1. The highest BCUT2D eigenvalue weighted by molar-refractivity contribution is 6.04. The molecular formula is C72H55N. The fraction of sp³-hybridized carbons (Fsp3) is 0.139. The number of hydrogen-bond donors (Lipinski definition) is 0. The SMILES string of the molecule is CC1(C)c2cc(N(c3ccccc3)c3ccc4c(c3)C(C)(C)c3cc5c(cc3-4)C(c3ccccc3)(c3ccccc3)c3cc4ccccc4cc3-5)ccc2-c2cc3c(cc21)-c1c(ccc2ccccc12)C3(C)C. The van der Waals surface area contributed by atoms with E-state index in [0.29, 0.717) is 0 Å². The second kappa shape index (κ2) is 14.7. The molecule has 4 aliphatic carbocycles. The van der Waals surface area contributed by atoms with E-state index in [1.165, 1.54) is 127 Å². The van der Waals surface area contributed by atoms with Crippen molar-refractivity contribution >= 4 is 38.6 Å². The highest BCUT2D eigenvalue weighted by Gasteiger charge is 2.49. The zero-order chi connectivity index (χ0) is 49.2. The molecule has 0 bridgehead atoms. The maximum Gasteiger partial charge on any atom is 0.0714 e. The van der Waals surface area contributed by atoms with Crippen molar-refractivity contribution in [1.29, 1.82) is 0 Å². The molecule has 0 amide bonds. The Morgan fingerprint density at radius 1 is 0.260 bits per heavy atom. The summed E-state index contributed by atoms with van der Waals surface area (Å²) in [6, 6.07) is 85.6. The minimum atomic E-state index is -0.501. The highest BCUT2D eigenvalue weighted by Crippen LogP contribution is 2.62. The van der Waals surface area contributed by atoms with Crippen molar-refractivity contribution in [1.82, 2.24) is 0 Å². The van der Waals surface area contributed by atoms with Gasteiger partial charge in [0.25, 0.3) is 0 Å². The summed E-state index contributed by atoms with van der Waals surface area (Å²) in [5.41, 5.74) is 26.8. The molecule has 0 unspecified atom stereocenters. The summed E-state index contributed by atoms with van der Waals surface area (Å²) in [6.07, 6.45) is 0. The van der Waals surface area contributed by atoms with Crippen molar-refractivity contribution in [3.05, 3.63) is 280 Å². The van der Waals surface area contributed by atoms with Gasteiger partial charge in [0.05, 0.1) is 5.41 Å². The fourth-order valence-electron chi connectivity index (χ4n) is 14.4. The van der Waals surface area contributed by atoms with Crippen LogP contribution in [0.15, 0.2) is 224 Å². The summed E-state index contributed by atoms with van der Waals surface area (Å²) in [4.78, 5) is 2.49. The van der Waals surface area contributed by atoms with E-state index in [2.05, 4.69) is 271 Å². The number of rotatable bonds is 5. The molecule has 0 spiro atoms. The molecule has 11 aromatic carbocycles. The average molecular weight is 934 g/mol. The molecule has 0 aromatic heterocycles. The Hall–Kier alpha value is -8.26. The Bertz CT molecular complexity index is 4110.